The zero-order chi connectivity index (χ0) is 18.6. The number of likely N-dealkylation sites (tertiary alicyclic amines) is 1. The topological polar surface area (TPSA) is 54.5 Å². The highest BCUT2D eigenvalue weighted by Gasteiger charge is 2.25. The third kappa shape index (κ3) is 4.75. The van der Waals surface area contributed by atoms with Crippen molar-refractivity contribution in [1.82, 2.24) is 9.88 Å². The number of piperidine rings is 1. The summed E-state index contributed by atoms with van der Waals surface area (Å²) in [4.78, 5) is 18.4. The Hall–Kier alpha value is -2.56. The Balaban J connectivity index is 1.57. The molecule has 1 saturated heterocycles. The van der Waals surface area contributed by atoms with Crippen LogP contribution in [0.25, 0.3) is 0 Å². The molecule has 1 atom stereocenters. The largest absolute Gasteiger partial charge is 0.488 e. The lowest BCUT2D eigenvalue weighted by Gasteiger charge is -2.33. The quantitative estimate of drug-likeness (QED) is 0.887. The summed E-state index contributed by atoms with van der Waals surface area (Å²) in [6.07, 6.45) is 5.33. The molecular formula is C21H27N3O2. The molecule has 2 heterocycles. The molecular weight excluding hydrogens is 326 g/mol. The fourth-order valence-corrected chi connectivity index (χ4v) is 3.08. The van der Waals surface area contributed by atoms with E-state index in [1.54, 1.807) is 12.4 Å². The van der Waals surface area contributed by atoms with Gasteiger partial charge in [-0.25, -0.2) is 4.79 Å². The third-order valence-corrected chi connectivity index (χ3v) is 4.62. The first-order valence-electron chi connectivity index (χ1n) is 9.15. The lowest BCUT2D eigenvalue weighted by molar-refractivity contribution is 0.106. The van der Waals surface area contributed by atoms with Gasteiger partial charge < -0.3 is 15.0 Å². The molecule has 2 aromatic rings. The van der Waals surface area contributed by atoms with Crippen molar-refractivity contribution in [3.05, 3.63) is 54.4 Å². The van der Waals surface area contributed by atoms with Crippen molar-refractivity contribution in [2.24, 2.45) is 0 Å². The van der Waals surface area contributed by atoms with Gasteiger partial charge in [0, 0.05) is 24.6 Å². The molecule has 2 amide bonds. The summed E-state index contributed by atoms with van der Waals surface area (Å²) >= 11 is 0. The van der Waals surface area contributed by atoms with Gasteiger partial charge in [0.15, 0.2) is 0 Å². The number of nitrogens with one attached hydrogen (secondary N) is 1. The number of carbonyl (C=O) groups is 1. The van der Waals surface area contributed by atoms with Crippen LogP contribution in [-0.2, 0) is 5.41 Å². The van der Waals surface area contributed by atoms with Crippen LogP contribution in [0.3, 0.4) is 0 Å². The molecule has 138 valence electrons. The van der Waals surface area contributed by atoms with Gasteiger partial charge in [-0.2, -0.15) is 0 Å². The van der Waals surface area contributed by atoms with E-state index in [4.69, 9.17) is 4.74 Å². The zero-order valence-electron chi connectivity index (χ0n) is 15.7. The van der Waals surface area contributed by atoms with E-state index in [1.807, 2.05) is 29.2 Å². The van der Waals surface area contributed by atoms with Gasteiger partial charge in [-0.1, -0.05) is 32.9 Å². The van der Waals surface area contributed by atoms with Crippen molar-refractivity contribution < 1.29 is 9.53 Å². The number of benzene rings is 1. The van der Waals surface area contributed by atoms with Gasteiger partial charge in [-0.15, -0.1) is 0 Å². The minimum atomic E-state index is -0.0727. The number of anilines is 1. The molecule has 1 N–H and O–H groups in total. The van der Waals surface area contributed by atoms with Crippen molar-refractivity contribution in [3.63, 3.8) is 0 Å². The SMILES string of the molecule is CC(C)(C)c1ccc(NC(=O)N2CCCC(Oc3ccncc3)C2)cc1. The first kappa shape index (κ1) is 18.2. The van der Waals surface area contributed by atoms with Crippen LogP contribution in [0, 0.1) is 0 Å². The van der Waals surface area contributed by atoms with Crippen LogP contribution in [0.1, 0.15) is 39.2 Å². The monoisotopic (exact) mass is 353 g/mol. The first-order chi connectivity index (χ1) is 12.4. The molecule has 0 aliphatic carbocycles. The summed E-state index contributed by atoms with van der Waals surface area (Å²) in [5, 5.41) is 3.00. The van der Waals surface area contributed by atoms with E-state index in [2.05, 4.69) is 43.2 Å². The zero-order valence-corrected chi connectivity index (χ0v) is 15.7. The van der Waals surface area contributed by atoms with Crippen LogP contribution >= 0.6 is 0 Å². The number of ether oxygens (including phenoxy) is 1. The average molecular weight is 353 g/mol. The maximum absolute atomic E-state index is 12.6. The van der Waals surface area contributed by atoms with Crippen LogP contribution in [-0.4, -0.2) is 35.1 Å². The molecule has 26 heavy (non-hydrogen) atoms. The van der Waals surface area contributed by atoms with E-state index in [0.29, 0.717) is 6.54 Å². The van der Waals surface area contributed by atoms with E-state index >= 15 is 0 Å². The summed E-state index contributed by atoms with van der Waals surface area (Å²) in [7, 11) is 0. The second-order valence-electron chi connectivity index (χ2n) is 7.77. The van der Waals surface area contributed by atoms with Crippen molar-refractivity contribution >= 4 is 11.7 Å². The highest BCUT2D eigenvalue weighted by molar-refractivity contribution is 5.89. The van der Waals surface area contributed by atoms with Crippen molar-refractivity contribution in [3.8, 4) is 5.75 Å². The smallest absolute Gasteiger partial charge is 0.321 e. The van der Waals surface area contributed by atoms with Gasteiger partial charge in [0.25, 0.3) is 0 Å². The summed E-state index contributed by atoms with van der Waals surface area (Å²) in [5.41, 5.74) is 2.17. The van der Waals surface area contributed by atoms with Crippen molar-refractivity contribution in [1.29, 1.82) is 0 Å². The Labute approximate surface area is 155 Å². The average Bonchev–Trinajstić information content (AvgIpc) is 2.62. The molecule has 3 rings (SSSR count). The molecule has 0 bridgehead atoms. The van der Waals surface area contributed by atoms with Gasteiger partial charge in [0.2, 0.25) is 0 Å². The number of aromatic nitrogens is 1. The van der Waals surface area contributed by atoms with Crippen LogP contribution in [0.2, 0.25) is 0 Å². The fraction of sp³-hybridized carbons (Fsp3) is 0.429. The van der Waals surface area contributed by atoms with Gasteiger partial charge in [-0.3, -0.25) is 4.98 Å². The molecule has 1 fully saturated rings. The van der Waals surface area contributed by atoms with Crippen molar-refractivity contribution in [2.45, 2.75) is 45.1 Å². The summed E-state index contributed by atoms with van der Waals surface area (Å²) in [6.45, 7) is 7.88. The van der Waals surface area contributed by atoms with Gasteiger partial charge in [-0.05, 0) is 48.1 Å². The molecule has 1 aromatic carbocycles. The number of carbonyl (C=O) groups excluding carboxylic acids is 1. The van der Waals surface area contributed by atoms with E-state index in [1.165, 1.54) is 5.56 Å². The molecule has 0 saturated carbocycles. The van der Waals surface area contributed by atoms with E-state index in [9.17, 15) is 4.79 Å². The fourth-order valence-electron chi connectivity index (χ4n) is 3.08. The predicted octanol–water partition coefficient (Wildman–Crippen LogP) is 4.45. The maximum Gasteiger partial charge on any atom is 0.321 e. The molecule has 1 aliphatic heterocycles. The normalized spacial score (nSPS) is 17.7. The van der Waals surface area contributed by atoms with Gasteiger partial charge in [0.1, 0.15) is 11.9 Å². The second kappa shape index (κ2) is 7.77. The number of pyridine rings is 1. The van der Waals surface area contributed by atoms with Gasteiger partial charge >= 0.3 is 6.03 Å². The molecule has 1 aliphatic rings. The summed E-state index contributed by atoms with van der Waals surface area (Å²) in [5.74, 6) is 0.796. The Kier molecular flexibility index (Phi) is 5.45. The minimum Gasteiger partial charge on any atom is -0.488 e. The van der Waals surface area contributed by atoms with Crippen LogP contribution < -0.4 is 10.1 Å². The summed E-state index contributed by atoms with van der Waals surface area (Å²) in [6, 6.07) is 11.7. The molecule has 5 nitrogen and oxygen atoms in total. The Morgan fingerprint density at radius 1 is 1.15 bits per heavy atom. The molecule has 5 heteroatoms. The molecule has 1 unspecified atom stereocenters. The number of nitrogens with zero attached hydrogens (tertiary/aromatic N) is 2. The lowest BCUT2D eigenvalue weighted by Crippen LogP contribution is -2.46. The van der Waals surface area contributed by atoms with E-state index in [0.717, 1.165) is 30.8 Å². The number of amides is 2. The minimum absolute atomic E-state index is 0.0140. The number of urea groups is 1. The van der Waals surface area contributed by atoms with E-state index < -0.39 is 0 Å². The highest BCUT2D eigenvalue weighted by atomic mass is 16.5. The maximum atomic E-state index is 12.6. The van der Waals surface area contributed by atoms with E-state index in [-0.39, 0.29) is 17.6 Å². The lowest BCUT2D eigenvalue weighted by atomic mass is 9.87. The third-order valence-electron chi connectivity index (χ3n) is 4.62. The van der Waals surface area contributed by atoms with Crippen LogP contribution in [0.4, 0.5) is 10.5 Å². The van der Waals surface area contributed by atoms with Crippen LogP contribution in [0.15, 0.2) is 48.8 Å². The number of hydrogen-bond donors (Lipinski definition) is 1. The number of rotatable bonds is 3. The predicted molar refractivity (Wildman–Crippen MR) is 104 cm³/mol. The molecule has 0 radical (unpaired) electrons. The Bertz CT molecular complexity index is 723. The first-order valence-corrected chi connectivity index (χ1v) is 9.15. The Morgan fingerprint density at radius 2 is 1.85 bits per heavy atom. The van der Waals surface area contributed by atoms with Crippen LogP contribution in [0.5, 0.6) is 5.75 Å². The highest BCUT2D eigenvalue weighted by Crippen LogP contribution is 2.24. The molecule has 0 spiro atoms. The number of hydrogen-bond acceptors (Lipinski definition) is 3. The van der Waals surface area contributed by atoms with Gasteiger partial charge in [0.05, 0.1) is 6.54 Å². The summed E-state index contributed by atoms with van der Waals surface area (Å²) < 4.78 is 5.98. The molecule has 1 aromatic heterocycles. The standard InChI is InChI=1S/C21H27N3O2/c1-21(2,3)16-6-8-17(9-7-16)23-20(25)24-14-4-5-19(15-24)26-18-10-12-22-13-11-18/h6-13,19H,4-5,14-15H2,1-3H3,(H,23,25). The van der Waals surface area contributed by atoms with Crippen molar-refractivity contribution in [2.75, 3.05) is 18.4 Å². The second-order valence-corrected chi connectivity index (χ2v) is 7.77. The Morgan fingerprint density at radius 3 is 2.50 bits per heavy atom.